The van der Waals surface area contributed by atoms with Crippen LogP contribution < -0.4 is 10.1 Å². The van der Waals surface area contributed by atoms with E-state index >= 15 is 0 Å². The van der Waals surface area contributed by atoms with Crippen molar-refractivity contribution in [1.82, 2.24) is 19.9 Å². The molecule has 2 N–H and O–H groups in total. The number of halogens is 1. The number of nitrogens with one attached hydrogen (secondary N) is 1. The van der Waals surface area contributed by atoms with Crippen LogP contribution in [0.1, 0.15) is 31.3 Å². The minimum absolute atomic E-state index is 0.0167. The summed E-state index contributed by atoms with van der Waals surface area (Å²) in [5.41, 5.74) is 2.79. The summed E-state index contributed by atoms with van der Waals surface area (Å²) in [6.07, 6.45) is 0. The predicted molar refractivity (Wildman–Crippen MR) is 160 cm³/mol. The lowest BCUT2D eigenvalue weighted by atomic mass is 10.1. The Kier molecular flexibility index (Phi) is 8.24. The van der Waals surface area contributed by atoms with Gasteiger partial charge in [0.25, 0.3) is 5.91 Å². The van der Waals surface area contributed by atoms with Gasteiger partial charge in [-0.1, -0.05) is 41.9 Å². The second kappa shape index (κ2) is 12.0. The van der Waals surface area contributed by atoms with E-state index in [1.54, 1.807) is 16.6 Å². The van der Waals surface area contributed by atoms with Crippen LogP contribution in [0.3, 0.4) is 0 Å². The van der Waals surface area contributed by atoms with E-state index in [0.717, 1.165) is 16.9 Å². The molecule has 0 spiro atoms. The number of amides is 1. The average molecular weight is 585 g/mol. The van der Waals surface area contributed by atoms with Gasteiger partial charge in [0.2, 0.25) is 0 Å². The van der Waals surface area contributed by atoms with Gasteiger partial charge in [0.15, 0.2) is 17.4 Å². The van der Waals surface area contributed by atoms with Crippen LogP contribution in [0.4, 0.5) is 0 Å². The van der Waals surface area contributed by atoms with E-state index in [2.05, 4.69) is 10.4 Å². The highest BCUT2D eigenvalue weighted by Crippen LogP contribution is 2.30. The number of hydrogen-bond acceptors (Lipinski definition) is 6. The Hall–Kier alpha value is -4.73. The molecule has 5 aromatic rings. The Morgan fingerprint density at radius 1 is 0.929 bits per heavy atom. The molecule has 2 aromatic heterocycles. The molecule has 0 bridgehead atoms. The quantitative estimate of drug-likeness (QED) is 0.203. The maximum absolute atomic E-state index is 13.1. The highest BCUT2D eigenvalue weighted by atomic mass is 35.5. The highest BCUT2D eigenvalue weighted by Gasteiger charge is 2.25. The summed E-state index contributed by atoms with van der Waals surface area (Å²) >= 11 is 6.10. The molecule has 2 heterocycles. The largest absolute Gasteiger partial charge is 0.480 e. The molecule has 0 aliphatic heterocycles. The summed E-state index contributed by atoms with van der Waals surface area (Å²) in [4.78, 5) is 29.7. The first-order valence-electron chi connectivity index (χ1n) is 13.2. The minimum Gasteiger partial charge on any atom is -0.480 e. The van der Waals surface area contributed by atoms with Crippen molar-refractivity contribution < 1.29 is 24.2 Å². The number of aliphatic carboxylic acids is 1. The number of carbonyl (C=O) groups excluding carboxylic acids is 1. The molecule has 0 radical (unpaired) electrons. The summed E-state index contributed by atoms with van der Waals surface area (Å²) < 4.78 is 13.1. The van der Waals surface area contributed by atoms with Crippen molar-refractivity contribution in [2.45, 2.75) is 32.4 Å². The topological polar surface area (TPSA) is 115 Å². The summed E-state index contributed by atoms with van der Waals surface area (Å²) in [6.45, 7) is 5.23. The van der Waals surface area contributed by atoms with Gasteiger partial charge in [0.1, 0.15) is 11.5 Å². The first-order valence-corrected chi connectivity index (χ1v) is 13.6. The number of carboxylic acids is 1. The molecular weight excluding hydrogens is 556 g/mol. The monoisotopic (exact) mass is 584 g/mol. The second-order valence-electron chi connectivity index (χ2n) is 10.6. The van der Waals surface area contributed by atoms with Crippen molar-refractivity contribution in [2.75, 3.05) is 6.61 Å². The maximum atomic E-state index is 13.1. The van der Waals surface area contributed by atoms with Crippen LogP contribution in [-0.2, 0) is 9.53 Å². The summed E-state index contributed by atoms with van der Waals surface area (Å²) in [5, 5.41) is 17.3. The number of para-hydroxylation sites is 1. The third kappa shape index (κ3) is 6.94. The maximum Gasteiger partial charge on any atom is 0.328 e. The molecule has 9 nitrogen and oxygen atoms in total. The Morgan fingerprint density at radius 2 is 1.57 bits per heavy atom. The molecule has 42 heavy (non-hydrogen) atoms. The van der Waals surface area contributed by atoms with Crippen LogP contribution >= 0.6 is 11.6 Å². The Morgan fingerprint density at radius 3 is 2.21 bits per heavy atom. The zero-order chi connectivity index (χ0) is 29.9. The number of fused-ring (bicyclic) bond motifs is 1. The summed E-state index contributed by atoms with van der Waals surface area (Å²) in [5.74, 6) is -0.489. The van der Waals surface area contributed by atoms with Gasteiger partial charge >= 0.3 is 5.97 Å². The first-order chi connectivity index (χ1) is 20.1. The van der Waals surface area contributed by atoms with E-state index in [9.17, 15) is 14.7 Å². The molecule has 0 saturated heterocycles. The molecule has 3 aromatic carbocycles. The second-order valence-corrected chi connectivity index (χ2v) is 11.0. The fourth-order valence-electron chi connectivity index (χ4n) is 4.12. The summed E-state index contributed by atoms with van der Waals surface area (Å²) in [7, 11) is 0. The third-order valence-corrected chi connectivity index (χ3v) is 6.47. The molecule has 1 unspecified atom stereocenters. The Labute approximate surface area is 247 Å². The smallest absolute Gasteiger partial charge is 0.328 e. The molecule has 10 heteroatoms. The van der Waals surface area contributed by atoms with Gasteiger partial charge in [-0.15, -0.1) is 0 Å². The van der Waals surface area contributed by atoms with Gasteiger partial charge in [-0.25, -0.2) is 14.3 Å². The number of carbonyl (C=O) groups is 2. The Bertz CT molecular complexity index is 1710. The molecule has 0 aliphatic carbocycles. The number of ether oxygens (including phenoxy) is 2. The molecule has 0 aliphatic rings. The van der Waals surface area contributed by atoms with Crippen LogP contribution in [0.25, 0.3) is 28.2 Å². The molecular formula is C32H29ClN4O5. The molecule has 1 atom stereocenters. The number of nitrogens with zero attached hydrogens (tertiary/aromatic N) is 3. The number of aromatic nitrogens is 3. The predicted octanol–water partition coefficient (Wildman–Crippen LogP) is 6.51. The number of rotatable bonds is 9. The van der Waals surface area contributed by atoms with Gasteiger partial charge in [-0.05, 0) is 75.4 Å². The molecule has 5 rings (SSSR count). The van der Waals surface area contributed by atoms with Crippen molar-refractivity contribution in [3.63, 3.8) is 0 Å². The van der Waals surface area contributed by atoms with Crippen LogP contribution in [-0.4, -0.2) is 49.8 Å². The van der Waals surface area contributed by atoms with E-state index in [4.69, 9.17) is 26.1 Å². The molecule has 1 amide bonds. The van der Waals surface area contributed by atoms with E-state index < -0.39 is 23.5 Å². The number of benzene rings is 3. The van der Waals surface area contributed by atoms with Gasteiger partial charge in [0.05, 0.1) is 23.6 Å². The SMILES string of the molecule is CC(C)(C)OCC(NC(=O)c1cc2nc(-c3ccc(Cl)cc3)cc(-c3ccc(Oc4ccccc4)cc3)n2n1)C(=O)O. The lowest BCUT2D eigenvalue weighted by Gasteiger charge is -2.22. The standard InChI is InChI=1S/C32H29ClN4O5/c1-32(2,3)41-19-27(31(39)40)35-30(38)26-18-29-34-25(20-9-13-22(33)14-10-20)17-28(37(29)36-26)21-11-15-24(16-12-21)42-23-7-5-4-6-8-23/h4-18,27H,19H2,1-3H3,(H,35,38)(H,39,40). The van der Waals surface area contributed by atoms with Crippen molar-refractivity contribution in [3.05, 3.63) is 102 Å². The van der Waals surface area contributed by atoms with Crippen molar-refractivity contribution >= 4 is 29.1 Å². The molecule has 0 fully saturated rings. The van der Waals surface area contributed by atoms with Crippen LogP contribution in [0.15, 0.2) is 91.0 Å². The van der Waals surface area contributed by atoms with Gasteiger partial charge in [0, 0.05) is 22.2 Å². The van der Waals surface area contributed by atoms with Gasteiger partial charge < -0.3 is 19.9 Å². The fraction of sp³-hybridized carbons (Fsp3) is 0.188. The average Bonchev–Trinajstić information content (AvgIpc) is 3.40. The van der Waals surface area contributed by atoms with Gasteiger partial charge in [-0.3, -0.25) is 4.79 Å². The fourth-order valence-corrected chi connectivity index (χ4v) is 4.24. The summed E-state index contributed by atoms with van der Waals surface area (Å²) in [6, 6.07) is 26.4. The van der Waals surface area contributed by atoms with Gasteiger partial charge in [-0.2, -0.15) is 5.10 Å². The first kappa shape index (κ1) is 28.8. The van der Waals surface area contributed by atoms with Crippen molar-refractivity contribution in [2.24, 2.45) is 0 Å². The third-order valence-electron chi connectivity index (χ3n) is 6.22. The van der Waals surface area contributed by atoms with Crippen molar-refractivity contribution in [3.8, 4) is 34.0 Å². The van der Waals surface area contributed by atoms with Crippen molar-refractivity contribution in [1.29, 1.82) is 0 Å². The number of carboxylic acid groups (broad SMARTS) is 1. The zero-order valence-corrected chi connectivity index (χ0v) is 24.0. The van der Waals surface area contributed by atoms with E-state index in [1.807, 2.05) is 93.6 Å². The lowest BCUT2D eigenvalue weighted by Crippen LogP contribution is -2.45. The normalized spacial score (nSPS) is 12.2. The number of hydrogen-bond donors (Lipinski definition) is 2. The van der Waals surface area contributed by atoms with Crippen LogP contribution in [0, 0.1) is 0 Å². The van der Waals surface area contributed by atoms with Crippen LogP contribution in [0.2, 0.25) is 5.02 Å². The molecule has 0 saturated carbocycles. The lowest BCUT2D eigenvalue weighted by molar-refractivity contribution is -0.142. The Balaban J connectivity index is 1.51. The van der Waals surface area contributed by atoms with E-state index in [1.165, 1.54) is 6.07 Å². The highest BCUT2D eigenvalue weighted by molar-refractivity contribution is 6.30. The van der Waals surface area contributed by atoms with Crippen LogP contribution in [0.5, 0.6) is 11.5 Å². The minimum atomic E-state index is -1.25. The zero-order valence-electron chi connectivity index (χ0n) is 23.2. The van der Waals surface area contributed by atoms with E-state index in [0.29, 0.717) is 27.8 Å². The van der Waals surface area contributed by atoms with E-state index in [-0.39, 0.29) is 12.3 Å². The molecule has 214 valence electrons.